The average molecular weight is 367 g/mol. The van der Waals surface area contributed by atoms with Crippen LogP contribution in [-0.4, -0.2) is 29.0 Å². The van der Waals surface area contributed by atoms with E-state index in [0.29, 0.717) is 40.6 Å². The highest BCUT2D eigenvalue weighted by Crippen LogP contribution is 2.21. The van der Waals surface area contributed by atoms with Crippen molar-refractivity contribution in [2.75, 3.05) is 18.4 Å². The molecule has 0 atom stereocenters. The van der Waals surface area contributed by atoms with Crippen molar-refractivity contribution in [3.63, 3.8) is 0 Å². The van der Waals surface area contributed by atoms with Crippen molar-refractivity contribution in [2.45, 2.75) is 20.3 Å². The standard InChI is InChI=1S/C17H20Cl2N4O/c1-11(2)8-21-16(24)13-9-22-17(23-10-13)20-6-5-12-3-4-14(18)7-15(12)19/h3-4,7,9-11H,5-6,8H2,1-2H3,(H,21,24)(H,20,22,23). The van der Waals surface area contributed by atoms with Gasteiger partial charge in [0, 0.05) is 35.5 Å². The predicted octanol–water partition coefficient (Wildman–Crippen LogP) is 3.82. The summed E-state index contributed by atoms with van der Waals surface area (Å²) in [7, 11) is 0. The van der Waals surface area contributed by atoms with Gasteiger partial charge in [0.15, 0.2) is 0 Å². The van der Waals surface area contributed by atoms with Gasteiger partial charge in [-0.2, -0.15) is 0 Å². The summed E-state index contributed by atoms with van der Waals surface area (Å²) >= 11 is 12.0. The largest absolute Gasteiger partial charge is 0.354 e. The number of hydrogen-bond acceptors (Lipinski definition) is 4. The molecule has 1 aromatic carbocycles. The molecule has 0 saturated heterocycles. The molecule has 0 bridgehead atoms. The molecule has 2 rings (SSSR count). The second kappa shape index (κ2) is 8.85. The number of carbonyl (C=O) groups is 1. The fraction of sp³-hybridized carbons (Fsp3) is 0.353. The van der Waals surface area contributed by atoms with Gasteiger partial charge < -0.3 is 10.6 Å². The number of nitrogens with zero attached hydrogens (tertiary/aromatic N) is 2. The van der Waals surface area contributed by atoms with E-state index in [-0.39, 0.29) is 5.91 Å². The molecule has 128 valence electrons. The summed E-state index contributed by atoms with van der Waals surface area (Å²) < 4.78 is 0. The number of benzene rings is 1. The van der Waals surface area contributed by atoms with Gasteiger partial charge in [0.25, 0.3) is 5.91 Å². The van der Waals surface area contributed by atoms with Crippen LogP contribution in [0.1, 0.15) is 29.8 Å². The summed E-state index contributed by atoms with van der Waals surface area (Å²) in [6.07, 6.45) is 3.75. The molecule has 0 fully saturated rings. The van der Waals surface area contributed by atoms with Gasteiger partial charge in [0.1, 0.15) is 0 Å². The van der Waals surface area contributed by atoms with Crippen LogP contribution in [-0.2, 0) is 6.42 Å². The van der Waals surface area contributed by atoms with Crippen LogP contribution in [0.15, 0.2) is 30.6 Å². The van der Waals surface area contributed by atoms with Crippen molar-refractivity contribution in [3.05, 3.63) is 51.8 Å². The van der Waals surface area contributed by atoms with Crippen LogP contribution < -0.4 is 10.6 Å². The Bertz CT molecular complexity index is 689. The lowest BCUT2D eigenvalue weighted by molar-refractivity contribution is 0.0948. The Hall–Kier alpha value is -1.85. The van der Waals surface area contributed by atoms with E-state index >= 15 is 0 Å². The van der Waals surface area contributed by atoms with Gasteiger partial charge in [-0.15, -0.1) is 0 Å². The SMILES string of the molecule is CC(C)CNC(=O)c1cnc(NCCc2ccc(Cl)cc2Cl)nc1. The zero-order valence-corrected chi connectivity index (χ0v) is 15.2. The maximum atomic E-state index is 11.9. The lowest BCUT2D eigenvalue weighted by Crippen LogP contribution is -2.27. The highest BCUT2D eigenvalue weighted by atomic mass is 35.5. The van der Waals surface area contributed by atoms with Gasteiger partial charge >= 0.3 is 0 Å². The maximum Gasteiger partial charge on any atom is 0.254 e. The third-order valence-electron chi connectivity index (χ3n) is 3.28. The highest BCUT2D eigenvalue weighted by molar-refractivity contribution is 6.35. The summed E-state index contributed by atoms with van der Waals surface area (Å²) in [6, 6.07) is 5.43. The van der Waals surface area contributed by atoms with E-state index in [1.54, 1.807) is 6.07 Å². The van der Waals surface area contributed by atoms with E-state index < -0.39 is 0 Å². The molecule has 1 amide bonds. The van der Waals surface area contributed by atoms with Crippen LogP contribution in [0.2, 0.25) is 10.0 Å². The fourth-order valence-electron chi connectivity index (χ4n) is 1.97. The monoisotopic (exact) mass is 366 g/mol. The van der Waals surface area contributed by atoms with E-state index in [2.05, 4.69) is 20.6 Å². The maximum absolute atomic E-state index is 11.9. The molecule has 5 nitrogen and oxygen atoms in total. The zero-order valence-electron chi connectivity index (χ0n) is 13.6. The van der Waals surface area contributed by atoms with E-state index in [9.17, 15) is 4.79 Å². The number of carbonyl (C=O) groups excluding carboxylic acids is 1. The summed E-state index contributed by atoms with van der Waals surface area (Å²) in [6.45, 7) is 5.33. The lowest BCUT2D eigenvalue weighted by Gasteiger charge is -2.09. The number of hydrogen-bond donors (Lipinski definition) is 2. The fourth-order valence-corrected chi connectivity index (χ4v) is 2.47. The topological polar surface area (TPSA) is 66.9 Å². The van der Waals surface area contributed by atoms with Gasteiger partial charge in [-0.25, -0.2) is 9.97 Å². The third kappa shape index (κ3) is 5.65. The first-order valence-corrected chi connectivity index (χ1v) is 8.49. The normalized spacial score (nSPS) is 10.7. The second-order valence-electron chi connectivity index (χ2n) is 5.81. The number of rotatable bonds is 7. The predicted molar refractivity (Wildman–Crippen MR) is 97.9 cm³/mol. The molecule has 0 unspecified atom stereocenters. The van der Waals surface area contributed by atoms with Gasteiger partial charge in [0.05, 0.1) is 5.56 Å². The molecule has 1 aromatic heterocycles. The molecule has 7 heteroatoms. The molecule has 24 heavy (non-hydrogen) atoms. The molecule has 0 aliphatic heterocycles. The Morgan fingerprint density at radius 1 is 1.21 bits per heavy atom. The van der Waals surface area contributed by atoms with Gasteiger partial charge in [-0.05, 0) is 30.0 Å². The Morgan fingerprint density at radius 2 is 1.92 bits per heavy atom. The molecule has 0 radical (unpaired) electrons. The Morgan fingerprint density at radius 3 is 2.54 bits per heavy atom. The second-order valence-corrected chi connectivity index (χ2v) is 6.66. The van der Waals surface area contributed by atoms with E-state index in [0.717, 1.165) is 12.0 Å². The average Bonchev–Trinajstić information content (AvgIpc) is 2.55. The first kappa shape index (κ1) is 18.5. The Kier molecular flexibility index (Phi) is 6.82. The number of halogens is 2. The number of aromatic nitrogens is 2. The van der Waals surface area contributed by atoms with Crippen LogP contribution >= 0.6 is 23.2 Å². The van der Waals surface area contributed by atoms with Crippen LogP contribution in [0.25, 0.3) is 0 Å². The number of amides is 1. The first-order valence-electron chi connectivity index (χ1n) is 7.73. The Labute approximate surface area is 151 Å². The van der Waals surface area contributed by atoms with Crippen molar-refractivity contribution < 1.29 is 4.79 Å². The smallest absolute Gasteiger partial charge is 0.254 e. The summed E-state index contributed by atoms with van der Waals surface area (Å²) in [5.41, 5.74) is 1.44. The van der Waals surface area contributed by atoms with Crippen molar-refractivity contribution in [2.24, 2.45) is 5.92 Å². The molecule has 1 heterocycles. The minimum Gasteiger partial charge on any atom is -0.354 e. The van der Waals surface area contributed by atoms with Gasteiger partial charge in [-0.3, -0.25) is 4.79 Å². The van der Waals surface area contributed by atoms with E-state index in [1.807, 2.05) is 26.0 Å². The summed E-state index contributed by atoms with van der Waals surface area (Å²) in [5.74, 6) is 0.708. The Balaban J connectivity index is 1.84. The molecule has 0 aliphatic carbocycles. The van der Waals surface area contributed by atoms with Crippen molar-refractivity contribution in [3.8, 4) is 0 Å². The minimum atomic E-state index is -0.164. The highest BCUT2D eigenvalue weighted by Gasteiger charge is 2.07. The molecule has 0 saturated carbocycles. The van der Waals surface area contributed by atoms with Gasteiger partial charge in [0.2, 0.25) is 5.95 Å². The molecule has 2 aromatic rings. The van der Waals surface area contributed by atoms with Crippen molar-refractivity contribution in [1.29, 1.82) is 0 Å². The molecule has 2 N–H and O–H groups in total. The van der Waals surface area contributed by atoms with Crippen LogP contribution in [0.4, 0.5) is 5.95 Å². The lowest BCUT2D eigenvalue weighted by atomic mass is 10.1. The van der Waals surface area contributed by atoms with Crippen molar-refractivity contribution >= 4 is 35.1 Å². The molecule has 0 aliphatic rings. The van der Waals surface area contributed by atoms with Crippen molar-refractivity contribution in [1.82, 2.24) is 15.3 Å². The zero-order chi connectivity index (χ0) is 17.5. The number of nitrogens with one attached hydrogen (secondary N) is 2. The number of anilines is 1. The van der Waals surface area contributed by atoms with Gasteiger partial charge in [-0.1, -0.05) is 43.1 Å². The van der Waals surface area contributed by atoms with Crippen LogP contribution in [0.5, 0.6) is 0 Å². The quantitative estimate of drug-likeness (QED) is 0.781. The molecular weight excluding hydrogens is 347 g/mol. The van der Waals surface area contributed by atoms with Crippen LogP contribution in [0.3, 0.4) is 0 Å². The molecule has 0 spiro atoms. The first-order chi connectivity index (χ1) is 11.5. The van der Waals surface area contributed by atoms with E-state index in [1.165, 1.54) is 12.4 Å². The van der Waals surface area contributed by atoms with E-state index in [4.69, 9.17) is 23.2 Å². The minimum absolute atomic E-state index is 0.164. The summed E-state index contributed by atoms with van der Waals surface area (Å²) in [5, 5.41) is 7.19. The van der Waals surface area contributed by atoms with Crippen LogP contribution in [0, 0.1) is 5.92 Å². The third-order valence-corrected chi connectivity index (χ3v) is 3.86. The molecular formula is C17H20Cl2N4O. The summed E-state index contributed by atoms with van der Waals surface area (Å²) in [4.78, 5) is 20.2.